The summed E-state index contributed by atoms with van der Waals surface area (Å²) in [5, 5.41) is 11.2. The van der Waals surface area contributed by atoms with Gasteiger partial charge in [-0.2, -0.15) is 0 Å². The summed E-state index contributed by atoms with van der Waals surface area (Å²) in [4.78, 5) is 31.4. The summed E-state index contributed by atoms with van der Waals surface area (Å²) in [7, 11) is 0. The Labute approximate surface area is 264 Å². The van der Waals surface area contributed by atoms with Crippen molar-refractivity contribution in [2.75, 3.05) is 6.61 Å². The van der Waals surface area contributed by atoms with Crippen molar-refractivity contribution in [1.82, 2.24) is 19.7 Å². The summed E-state index contributed by atoms with van der Waals surface area (Å²) in [6.07, 6.45) is 2.09. The highest BCUT2D eigenvalue weighted by atomic mass is 32.2. The van der Waals surface area contributed by atoms with Crippen LogP contribution in [0.2, 0.25) is 0 Å². The first kappa shape index (κ1) is 27.6. The lowest BCUT2D eigenvalue weighted by molar-refractivity contribution is 0.0953. The first-order valence-electron chi connectivity index (χ1n) is 15.1. The van der Waals surface area contributed by atoms with Crippen LogP contribution in [0.25, 0.3) is 33.5 Å². The highest BCUT2D eigenvalue weighted by Gasteiger charge is 2.29. The van der Waals surface area contributed by atoms with E-state index in [2.05, 4.69) is 33.9 Å². The van der Waals surface area contributed by atoms with Crippen LogP contribution < -0.4 is 0 Å². The zero-order valence-electron chi connectivity index (χ0n) is 24.3. The maximum absolute atomic E-state index is 13.3. The van der Waals surface area contributed by atoms with E-state index in [-0.39, 0.29) is 17.7 Å². The highest BCUT2D eigenvalue weighted by Crippen LogP contribution is 2.35. The number of pyridine rings is 1. The number of carbonyl (C=O) groups excluding carboxylic acids is 2. The number of fused-ring (bicyclic) bond motifs is 3. The number of carbonyl (C=O) groups is 2. The highest BCUT2D eigenvalue weighted by molar-refractivity contribution is 7.98. The van der Waals surface area contributed by atoms with E-state index < -0.39 is 0 Å². The molecular formula is C37H28N4O3S. The SMILES string of the molecule is O=C1c2ccccc2C(=O)c2cc(CSc3nnc(-c4cc(-c5ccccc5)nc5ccccc45)n3C[C@@H]3CCCO3)ccc21. The van der Waals surface area contributed by atoms with E-state index in [0.29, 0.717) is 34.6 Å². The zero-order valence-corrected chi connectivity index (χ0v) is 25.2. The quantitative estimate of drug-likeness (QED) is 0.174. The summed E-state index contributed by atoms with van der Waals surface area (Å²) < 4.78 is 8.23. The first-order chi connectivity index (χ1) is 22.1. The molecule has 1 aliphatic carbocycles. The van der Waals surface area contributed by atoms with Crippen molar-refractivity contribution in [1.29, 1.82) is 0 Å². The molecule has 2 aromatic heterocycles. The zero-order chi connectivity index (χ0) is 30.3. The van der Waals surface area contributed by atoms with Crippen molar-refractivity contribution in [3.63, 3.8) is 0 Å². The molecule has 0 saturated carbocycles. The van der Waals surface area contributed by atoms with Crippen LogP contribution in [0.15, 0.2) is 108 Å². The monoisotopic (exact) mass is 608 g/mol. The Morgan fingerprint density at radius 3 is 2.29 bits per heavy atom. The Hall–Kier alpha value is -4.92. The van der Waals surface area contributed by atoms with Gasteiger partial charge in [-0.15, -0.1) is 10.2 Å². The third kappa shape index (κ3) is 5.06. The number of thioether (sulfide) groups is 1. The molecule has 1 fully saturated rings. The van der Waals surface area contributed by atoms with E-state index in [4.69, 9.17) is 14.8 Å². The average Bonchev–Trinajstić information content (AvgIpc) is 3.76. The lowest BCUT2D eigenvalue weighted by atomic mass is 9.83. The molecule has 1 aliphatic heterocycles. The summed E-state index contributed by atoms with van der Waals surface area (Å²) in [6.45, 7) is 1.39. The predicted molar refractivity (Wildman–Crippen MR) is 174 cm³/mol. The molecule has 0 bridgehead atoms. The second kappa shape index (κ2) is 11.5. The van der Waals surface area contributed by atoms with Crippen LogP contribution in [-0.4, -0.2) is 44.0 Å². The predicted octanol–water partition coefficient (Wildman–Crippen LogP) is 7.41. The Balaban J connectivity index is 1.16. The summed E-state index contributed by atoms with van der Waals surface area (Å²) in [5.41, 5.74) is 6.54. The Kier molecular flexibility index (Phi) is 7.08. The second-order valence-corrected chi connectivity index (χ2v) is 12.3. The number of hydrogen-bond donors (Lipinski definition) is 0. The van der Waals surface area contributed by atoms with Gasteiger partial charge in [0.25, 0.3) is 0 Å². The van der Waals surface area contributed by atoms with Crippen molar-refractivity contribution in [3.05, 3.63) is 131 Å². The Morgan fingerprint density at radius 2 is 1.49 bits per heavy atom. The molecule has 6 aromatic rings. The van der Waals surface area contributed by atoms with Crippen molar-refractivity contribution in [3.8, 4) is 22.6 Å². The molecule has 8 heteroatoms. The van der Waals surface area contributed by atoms with Crippen molar-refractivity contribution >= 4 is 34.2 Å². The van der Waals surface area contributed by atoms with Gasteiger partial charge < -0.3 is 4.74 Å². The maximum Gasteiger partial charge on any atom is 0.194 e. The van der Waals surface area contributed by atoms with Crippen molar-refractivity contribution < 1.29 is 14.3 Å². The smallest absolute Gasteiger partial charge is 0.194 e. The van der Waals surface area contributed by atoms with Gasteiger partial charge >= 0.3 is 0 Å². The number of para-hydroxylation sites is 1. The molecule has 1 saturated heterocycles. The fourth-order valence-electron chi connectivity index (χ4n) is 6.25. The molecule has 3 heterocycles. The van der Waals surface area contributed by atoms with Gasteiger partial charge in [0.1, 0.15) is 0 Å². The molecular weight excluding hydrogens is 580 g/mol. The van der Waals surface area contributed by atoms with Gasteiger partial charge in [0.15, 0.2) is 22.5 Å². The van der Waals surface area contributed by atoms with Crippen LogP contribution >= 0.6 is 11.8 Å². The first-order valence-corrected chi connectivity index (χ1v) is 16.1. The van der Waals surface area contributed by atoms with Gasteiger partial charge in [-0.3, -0.25) is 14.2 Å². The third-order valence-corrected chi connectivity index (χ3v) is 9.55. The molecule has 0 unspecified atom stereocenters. The Morgan fingerprint density at radius 1 is 0.756 bits per heavy atom. The standard InChI is InChI=1S/C37H28N4O3S/c42-34-27-13-4-5-14-28(27)35(43)30-19-23(16-17-29(30)34)22-45-37-40-39-36(41(37)21-25-11-8-18-44-25)31-20-33(24-9-2-1-3-10-24)38-32-15-7-6-12-26(31)32/h1-7,9-10,12-17,19-20,25H,8,11,18,21-22H2/t25-/m0/s1. The van der Waals surface area contributed by atoms with Gasteiger partial charge in [-0.05, 0) is 42.7 Å². The molecule has 45 heavy (non-hydrogen) atoms. The number of ether oxygens (including phenoxy) is 1. The molecule has 2 aliphatic rings. The van der Waals surface area contributed by atoms with E-state index in [0.717, 1.165) is 63.7 Å². The number of hydrogen-bond acceptors (Lipinski definition) is 7. The van der Waals surface area contributed by atoms with E-state index in [9.17, 15) is 9.59 Å². The number of rotatable bonds is 7. The Bertz CT molecular complexity index is 2100. The molecule has 0 N–H and O–H groups in total. The summed E-state index contributed by atoms with van der Waals surface area (Å²) in [5.74, 6) is 1.10. The number of ketones is 2. The number of nitrogens with zero attached hydrogens (tertiary/aromatic N) is 4. The molecule has 0 amide bonds. The molecule has 0 spiro atoms. The molecule has 4 aromatic carbocycles. The second-order valence-electron chi connectivity index (χ2n) is 11.4. The average molecular weight is 609 g/mol. The van der Waals surface area contributed by atoms with Crippen LogP contribution in [0.4, 0.5) is 0 Å². The molecule has 8 rings (SSSR count). The molecule has 0 radical (unpaired) electrons. The van der Waals surface area contributed by atoms with E-state index in [1.807, 2.05) is 48.5 Å². The fraction of sp³-hybridized carbons (Fsp3) is 0.162. The van der Waals surface area contributed by atoms with Gasteiger partial charge in [-0.1, -0.05) is 90.6 Å². The van der Waals surface area contributed by atoms with Crippen LogP contribution in [0.3, 0.4) is 0 Å². The van der Waals surface area contributed by atoms with Gasteiger partial charge in [0, 0.05) is 51.1 Å². The summed E-state index contributed by atoms with van der Waals surface area (Å²) in [6, 6.07) is 33.0. The van der Waals surface area contributed by atoms with E-state index >= 15 is 0 Å². The van der Waals surface area contributed by atoms with Crippen molar-refractivity contribution in [2.45, 2.75) is 36.4 Å². The van der Waals surface area contributed by atoms with Gasteiger partial charge in [-0.25, -0.2) is 4.98 Å². The van der Waals surface area contributed by atoms with Crippen LogP contribution in [0, 0.1) is 0 Å². The maximum atomic E-state index is 13.3. The van der Waals surface area contributed by atoms with Crippen LogP contribution in [0.5, 0.6) is 0 Å². The van der Waals surface area contributed by atoms with Crippen molar-refractivity contribution in [2.24, 2.45) is 0 Å². The van der Waals surface area contributed by atoms with E-state index in [1.165, 1.54) is 0 Å². The number of aromatic nitrogens is 4. The van der Waals surface area contributed by atoms with Crippen LogP contribution in [-0.2, 0) is 17.0 Å². The number of benzene rings is 4. The minimum absolute atomic E-state index is 0.0771. The minimum Gasteiger partial charge on any atom is -0.376 e. The van der Waals surface area contributed by atoms with Gasteiger partial charge in [0.2, 0.25) is 0 Å². The third-order valence-electron chi connectivity index (χ3n) is 8.51. The minimum atomic E-state index is -0.116. The fourth-order valence-corrected chi connectivity index (χ4v) is 7.14. The topological polar surface area (TPSA) is 87.0 Å². The summed E-state index contributed by atoms with van der Waals surface area (Å²) >= 11 is 1.57. The van der Waals surface area contributed by atoms with Gasteiger partial charge in [0.05, 0.1) is 23.9 Å². The lowest BCUT2D eigenvalue weighted by Gasteiger charge is -2.18. The lowest BCUT2D eigenvalue weighted by Crippen LogP contribution is -2.20. The van der Waals surface area contributed by atoms with Crippen LogP contribution in [0.1, 0.15) is 50.2 Å². The molecule has 220 valence electrons. The molecule has 7 nitrogen and oxygen atoms in total. The molecule has 1 atom stereocenters. The largest absolute Gasteiger partial charge is 0.376 e. The normalized spacial score (nSPS) is 15.8. The van der Waals surface area contributed by atoms with E-state index in [1.54, 1.807) is 42.1 Å².